The number of nitrogens with one attached hydrogen (secondary N) is 2. The molecule has 2 aromatic carbocycles. The number of furan rings is 1. The van der Waals surface area contributed by atoms with E-state index in [1.54, 1.807) is 19.4 Å². The van der Waals surface area contributed by atoms with E-state index in [0.717, 1.165) is 27.8 Å². The molecule has 0 aliphatic rings. The molecule has 1 amide bonds. The molecule has 0 aliphatic carbocycles. The van der Waals surface area contributed by atoms with Gasteiger partial charge in [0.15, 0.2) is 0 Å². The van der Waals surface area contributed by atoms with Gasteiger partial charge in [0.2, 0.25) is 5.91 Å². The van der Waals surface area contributed by atoms with Crippen LogP contribution in [0.5, 0.6) is 5.75 Å². The largest absolute Gasteiger partial charge is 0.497 e. The van der Waals surface area contributed by atoms with Crippen molar-refractivity contribution in [2.24, 2.45) is 0 Å². The highest BCUT2D eigenvalue weighted by molar-refractivity contribution is 5.84. The first-order valence-corrected chi connectivity index (χ1v) is 7.81. The van der Waals surface area contributed by atoms with Gasteiger partial charge in [-0.05, 0) is 46.7 Å². The maximum atomic E-state index is 11.8. The van der Waals surface area contributed by atoms with Crippen LogP contribution >= 0.6 is 0 Å². The fourth-order valence-corrected chi connectivity index (χ4v) is 2.49. The summed E-state index contributed by atoms with van der Waals surface area (Å²) in [6.07, 6.45) is 1.59. The van der Waals surface area contributed by atoms with Crippen molar-refractivity contribution in [3.05, 3.63) is 66.1 Å². The van der Waals surface area contributed by atoms with E-state index in [2.05, 4.69) is 28.8 Å². The van der Waals surface area contributed by atoms with Crippen molar-refractivity contribution in [1.29, 1.82) is 0 Å². The van der Waals surface area contributed by atoms with Crippen LogP contribution in [0.15, 0.2) is 59.2 Å². The summed E-state index contributed by atoms with van der Waals surface area (Å²) in [5, 5.41) is 8.24. The van der Waals surface area contributed by atoms with Gasteiger partial charge in [-0.1, -0.05) is 18.2 Å². The Morgan fingerprint density at radius 2 is 1.92 bits per heavy atom. The van der Waals surface area contributed by atoms with Crippen molar-refractivity contribution in [1.82, 2.24) is 10.6 Å². The molecule has 5 nitrogen and oxygen atoms in total. The summed E-state index contributed by atoms with van der Waals surface area (Å²) in [5.74, 6) is 1.53. The molecule has 24 heavy (non-hydrogen) atoms. The van der Waals surface area contributed by atoms with E-state index < -0.39 is 0 Å². The summed E-state index contributed by atoms with van der Waals surface area (Å²) in [4.78, 5) is 11.8. The second kappa shape index (κ2) is 7.66. The lowest BCUT2D eigenvalue weighted by molar-refractivity contribution is -0.120. The molecule has 0 atom stereocenters. The summed E-state index contributed by atoms with van der Waals surface area (Å²) < 4.78 is 10.4. The number of amides is 1. The summed E-state index contributed by atoms with van der Waals surface area (Å²) in [5.41, 5.74) is 1.13. The molecular formula is C19H20N2O3. The molecule has 1 aromatic heterocycles. The Balaban J connectivity index is 1.49. The van der Waals surface area contributed by atoms with Gasteiger partial charge in [0.25, 0.3) is 0 Å². The van der Waals surface area contributed by atoms with Crippen LogP contribution in [0.4, 0.5) is 0 Å². The highest BCUT2D eigenvalue weighted by Gasteiger charge is 2.03. The van der Waals surface area contributed by atoms with Crippen LogP contribution in [0.2, 0.25) is 0 Å². The first kappa shape index (κ1) is 16.1. The smallest absolute Gasteiger partial charge is 0.234 e. The molecule has 3 rings (SSSR count). The summed E-state index contributed by atoms with van der Waals surface area (Å²) in [6, 6.07) is 15.8. The van der Waals surface area contributed by atoms with Crippen molar-refractivity contribution in [3.63, 3.8) is 0 Å². The first-order chi connectivity index (χ1) is 11.7. The molecule has 2 N–H and O–H groups in total. The van der Waals surface area contributed by atoms with Crippen LogP contribution in [-0.2, 0) is 17.9 Å². The van der Waals surface area contributed by atoms with Gasteiger partial charge in [0.05, 0.1) is 26.5 Å². The topological polar surface area (TPSA) is 63.5 Å². The monoisotopic (exact) mass is 324 g/mol. The van der Waals surface area contributed by atoms with Gasteiger partial charge in [-0.15, -0.1) is 0 Å². The Morgan fingerprint density at radius 3 is 2.71 bits per heavy atom. The van der Waals surface area contributed by atoms with E-state index in [-0.39, 0.29) is 12.5 Å². The fourth-order valence-electron chi connectivity index (χ4n) is 2.49. The molecule has 3 aromatic rings. The SMILES string of the molecule is COc1ccc2cc(CNCC(=O)NCc3ccco3)ccc2c1. The van der Waals surface area contributed by atoms with Gasteiger partial charge >= 0.3 is 0 Å². The standard InChI is InChI=1S/C19H20N2O3/c1-23-17-7-6-15-9-14(4-5-16(15)10-17)11-20-13-19(22)21-12-18-3-2-8-24-18/h2-10,20H,11-13H2,1H3,(H,21,22). The van der Waals surface area contributed by atoms with Crippen LogP contribution in [0.3, 0.4) is 0 Å². The molecule has 0 aliphatic heterocycles. The summed E-state index contributed by atoms with van der Waals surface area (Å²) in [6.45, 7) is 1.31. The third-order valence-corrected chi connectivity index (χ3v) is 3.77. The number of carbonyl (C=O) groups excluding carboxylic acids is 1. The Morgan fingerprint density at radius 1 is 1.08 bits per heavy atom. The lowest BCUT2D eigenvalue weighted by Crippen LogP contribution is -2.33. The summed E-state index contributed by atoms with van der Waals surface area (Å²) in [7, 11) is 1.66. The van der Waals surface area contributed by atoms with Crippen LogP contribution in [0.1, 0.15) is 11.3 Å². The van der Waals surface area contributed by atoms with E-state index in [9.17, 15) is 4.79 Å². The number of hydrogen-bond acceptors (Lipinski definition) is 4. The van der Waals surface area contributed by atoms with Crippen molar-refractivity contribution in [3.8, 4) is 5.75 Å². The molecule has 0 bridgehead atoms. The number of benzene rings is 2. The fraction of sp³-hybridized carbons (Fsp3) is 0.211. The predicted octanol–water partition coefficient (Wildman–Crippen LogP) is 2.85. The highest BCUT2D eigenvalue weighted by Crippen LogP contribution is 2.21. The minimum atomic E-state index is -0.0584. The maximum absolute atomic E-state index is 11.8. The molecule has 5 heteroatoms. The molecule has 0 radical (unpaired) electrons. The van der Waals surface area contributed by atoms with Crippen molar-refractivity contribution in [2.75, 3.05) is 13.7 Å². The third kappa shape index (κ3) is 4.14. The zero-order valence-corrected chi connectivity index (χ0v) is 13.5. The average molecular weight is 324 g/mol. The number of methoxy groups -OCH3 is 1. The molecule has 0 saturated carbocycles. The van der Waals surface area contributed by atoms with Crippen LogP contribution < -0.4 is 15.4 Å². The van der Waals surface area contributed by atoms with E-state index >= 15 is 0 Å². The zero-order chi connectivity index (χ0) is 16.8. The molecule has 0 spiro atoms. The Labute approximate surface area is 140 Å². The first-order valence-electron chi connectivity index (χ1n) is 7.81. The van der Waals surface area contributed by atoms with Crippen LogP contribution in [-0.4, -0.2) is 19.6 Å². The maximum Gasteiger partial charge on any atom is 0.234 e. The van der Waals surface area contributed by atoms with Crippen LogP contribution in [0, 0.1) is 0 Å². The average Bonchev–Trinajstić information content (AvgIpc) is 3.13. The summed E-state index contributed by atoms with van der Waals surface area (Å²) >= 11 is 0. The van der Waals surface area contributed by atoms with Crippen molar-refractivity contribution >= 4 is 16.7 Å². The number of rotatable bonds is 7. The van der Waals surface area contributed by atoms with E-state index in [4.69, 9.17) is 9.15 Å². The van der Waals surface area contributed by atoms with Gasteiger partial charge in [0.1, 0.15) is 11.5 Å². The Hall–Kier alpha value is -2.79. The van der Waals surface area contributed by atoms with Gasteiger partial charge in [-0.25, -0.2) is 0 Å². The zero-order valence-electron chi connectivity index (χ0n) is 13.5. The van der Waals surface area contributed by atoms with E-state index in [1.165, 1.54) is 0 Å². The van der Waals surface area contributed by atoms with Crippen molar-refractivity contribution in [2.45, 2.75) is 13.1 Å². The Bertz CT molecular complexity index is 813. The third-order valence-electron chi connectivity index (χ3n) is 3.77. The van der Waals surface area contributed by atoms with Gasteiger partial charge in [-0.2, -0.15) is 0 Å². The molecule has 124 valence electrons. The second-order valence-electron chi connectivity index (χ2n) is 5.51. The minimum absolute atomic E-state index is 0.0584. The van der Waals surface area contributed by atoms with Gasteiger partial charge in [-0.3, -0.25) is 4.79 Å². The molecular weight excluding hydrogens is 304 g/mol. The predicted molar refractivity (Wildman–Crippen MR) is 92.8 cm³/mol. The van der Waals surface area contributed by atoms with E-state index in [1.807, 2.05) is 24.3 Å². The highest BCUT2D eigenvalue weighted by atomic mass is 16.5. The number of carbonyl (C=O) groups is 1. The number of fused-ring (bicyclic) bond motifs is 1. The van der Waals surface area contributed by atoms with Crippen LogP contribution in [0.25, 0.3) is 10.8 Å². The van der Waals surface area contributed by atoms with Gasteiger partial charge in [0, 0.05) is 6.54 Å². The number of hydrogen-bond donors (Lipinski definition) is 2. The Kier molecular flexibility index (Phi) is 5.13. The second-order valence-corrected chi connectivity index (χ2v) is 5.51. The minimum Gasteiger partial charge on any atom is -0.497 e. The van der Waals surface area contributed by atoms with Gasteiger partial charge < -0.3 is 19.8 Å². The molecule has 0 unspecified atom stereocenters. The van der Waals surface area contributed by atoms with Crippen molar-refractivity contribution < 1.29 is 13.9 Å². The molecule has 1 heterocycles. The molecule has 0 saturated heterocycles. The quantitative estimate of drug-likeness (QED) is 0.701. The normalized spacial score (nSPS) is 10.7. The lowest BCUT2D eigenvalue weighted by atomic mass is 10.1. The molecule has 0 fully saturated rings. The number of ether oxygens (including phenoxy) is 1. The lowest BCUT2D eigenvalue weighted by Gasteiger charge is -2.08. The van der Waals surface area contributed by atoms with E-state index in [0.29, 0.717) is 13.1 Å².